The van der Waals surface area contributed by atoms with Crippen LogP contribution < -0.4 is 0 Å². The zero-order valence-corrected chi connectivity index (χ0v) is 11.1. The van der Waals surface area contributed by atoms with E-state index in [1.165, 1.54) is 6.07 Å². The molecule has 96 valence electrons. The van der Waals surface area contributed by atoms with E-state index in [-0.39, 0.29) is 22.3 Å². The summed E-state index contributed by atoms with van der Waals surface area (Å²) in [5.41, 5.74) is 0. The molecule has 1 rings (SSSR count). The maximum atomic E-state index is 11.9. The van der Waals surface area contributed by atoms with Crippen molar-refractivity contribution in [1.82, 2.24) is 0 Å². The molecular formula is C11H15ClO4S. The number of benzene rings is 1. The maximum Gasteiger partial charge on any atom is 0.182 e. The van der Waals surface area contributed by atoms with Crippen LogP contribution in [0.3, 0.4) is 0 Å². The first-order valence-corrected chi connectivity index (χ1v) is 7.15. The lowest BCUT2D eigenvalue weighted by Gasteiger charge is -2.06. The summed E-state index contributed by atoms with van der Waals surface area (Å²) >= 11 is 5.83. The smallest absolute Gasteiger partial charge is 0.182 e. The Balaban J connectivity index is 2.55. The predicted molar refractivity (Wildman–Crippen MR) is 66.2 cm³/mol. The average Bonchev–Trinajstić information content (AvgIpc) is 2.29. The summed E-state index contributed by atoms with van der Waals surface area (Å²) in [6.45, 7) is 0.970. The van der Waals surface area contributed by atoms with Crippen molar-refractivity contribution in [2.24, 2.45) is 0 Å². The highest BCUT2D eigenvalue weighted by Crippen LogP contribution is 2.21. The highest BCUT2D eigenvalue weighted by Gasteiger charge is 2.17. The van der Waals surface area contributed by atoms with Crippen LogP contribution in [0, 0.1) is 0 Å². The lowest BCUT2D eigenvalue weighted by molar-refractivity contribution is 0.0785. The van der Waals surface area contributed by atoms with Crippen LogP contribution >= 0.6 is 11.6 Å². The van der Waals surface area contributed by atoms with Gasteiger partial charge in [-0.15, -0.1) is 0 Å². The third kappa shape index (κ3) is 4.63. The van der Waals surface area contributed by atoms with E-state index in [0.717, 1.165) is 0 Å². The first-order valence-electron chi connectivity index (χ1n) is 5.12. The molecule has 0 amide bonds. The van der Waals surface area contributed by atoms with Crippen molar-refractivity contribution in [3.8, 4) is 0 Å². The molecule has 0 saturated heterocycles. The van der Waals surface area contributed by atoms with Gasteiger partial charge in [0.15, 0.2) is 9.84 Å². The molecular weight excluding hydrogens is 264 g/mol. The van der Waals surface area contributed by atoms with Crippen LogP contribution in [0.2, 0.25) is 5.02 Å². The van der Waals surface area contributed by atoms with E-state index in [9.17, 15) is 8.42 Å². The number of methoxy groups -OCH3 is 1. The Morgan fingerprint density at radius 1 is 1.18 bits per heavy atom. The molecule has 0 bridgehead atoms. The monoisotopic (exact) mass is 278 g/mol. The minimum absolute atomic E-state index is 0.0829. The van der Waals surface area contributed by atoms with Gasteiger partial charge in [0.25, 0.3) is 0 Å². The molecule has 0 radical (unpaired) electrons. The van der Waals surface area contributed by atoms with Gasteiger partial charge in [0.2, 0.25) is 0 Å². The minimum Gasteiger partial charge on any atom is -0.382 e. The Labute approximate surface area is 106 Å². The van der Waals surface area contributed by atoms with Crippen molar-refractivity contribution in [2.45, 2.75) is 4.90 Å². The van der Waals surface area contributed by atoms with Crippen LogP contribution in [0.1, 0.15) is 0 Å². The van der Waals surface area contributed by atoms with Crippen LogP contribution in [0.4, 0.5) is 0 Å². The van der Waals surface area contributed by atoms with Crippen molar-refractivity contribution in [3.63, 3.8) is 0 Å². The molecule has 4 nitrogen and oxygen atoms in total. The van der Waals surface area contributed by atoms with E-state index in [4.69, 9.17) is 21.1 Å². The van der Waals surface area contributed by atoms with Gasteiger partial charge in [0, 0.05) is 7.11 Å². The van der Waals surface area contributed by atoms with Gasteiger partial charge in [-0.05, 0) is 12.1 Å². The fraction of sp³-hybridized carbons (Fsp3) is 0.455. The Kier molecular flexibility index (Phi) is 5.91. The van der Waals surface area contributed by atoms with Crippen molar-refractivity contribution >= 4 is 21.4 Å². The Bertz CT molecular complexity index is 445. The second kappa shape index (κ2) is 6.96. The molecule has 6 heteroatoms. The van der Waals surface area contributed by atoms with E-state index >= 15 is 0 Å². The summed E-state index contributed by atoms with van der Waals surface area (Å²) in [5.74, 6) is -0.0829. The molecule has 0 heterocycles. The van der Waals surface area contributed by atoms with Gasteiger partial charge in [-0.25, -0.2) is 8.42 Å². The number of sulfone groups is 1. The number of halogens is 1. The molecule has 0 saturated carbocycles. The summed E-state index contributed by atoms with van der Waals surface area (Å²) in [7, 11) is -1.82. The molecule has 1 aromatic carbocycles. The zero-order valence-electron chi connectivity index (χ0n) is 9.56. The zero-order chi connectivity index (χ0) is 12.7. The first kappa shape index (κ1) is 14.4. The number of rotatable bonds is 7. The van der Waals surface area contributed by atoms with Crippen LogP contribution in [0.15, 0.2) is 29.2 Å². The summed E-state index contributed by atoms with van der Waals surface area (Å²) in [4.78, 5) is 0.150. The molecule has 0 aliphatic carbocycles. The minimum atomic E-state index is -3.38. The lowest BCUT2D eigenvalue weighted by atomic mass is 10.4. The summed E-state index contributed by atoms with van der Waals surface area (Å²) in [6, 6.07) is 6.38. The molecule has 0 aromatic heterocycles. The fourth-order valence-corrected chi connectivity index (χ4v) is 2.92. The highest BCUT2D eigenvalue weighted by atomic mass is 35.5. The number of ether oxygens (including phenoxy) is 2. The van der Waals surface area contributed by atoms with Gasteiger partial charge >= 0.3 is 0 Å². The van der Waals surface area contributed by atoms with Crippen molar-refractivity contribution in [1.29, 1.82) is 0 Å². The Morgan fingerprint density at radius 3 is 2.53 bits per heavy atom. The van der Waals surface area contributed by atoms with Gasteiger partial charge in [0.1, 0.15) is 0 Å². The summed E-state index contributed by atoms with van der Waals surface area (Å²) in [5, 5.41) is 0.240. The lowest BCUT2D eigenvalue weighted by Crippen LogP contribution is -2.14. The third-order valence-corrected chi connectivity index (χ3v) is 4.27. The van der Waals surface area contributed by atoms with Crippen LogP contribution in [-0.4, -0.2) is 41.1 Å². The van der Waals surface area contributed by atoms with E-state index in [0.29, 0.717) is 13.2 Å². The van der Waals surface area contributed by atoms with Crippen LogP contribution in [0.25, 0.3) is 0 Å². The van der Waals surface area contributed by atoms with E-state index in [1.54, 1.807) is 25.3 Å². The Morgan fingerprint density at radius 2 is 1.88 bits per heavy atom. The molecule has 0 unspecified atom stereocenters. The van der Waals surface area contributed by atoms with E-state index in [1.807, 2.05) is 0 Å². The second-order valence-electron chi connectivity index (χ2n) is 3.35. The standard InChI is InChI=1S/C11H15ClO4S/c1-15-6-7-16-8-9-17(13,14)11-5-3-2-4-10(11)12/h2-5H,6-9H2,1H3. The summed E-state index contributed by atoms with van der Waals surface area (Å²) < 4.78 is 33.7. The van der Waals surface area contributed by atoms with Gasteiger partial charge in [-0.2, -0.15) is 0 Å². The van der Waals surface area contributed by atoms with Gasteiger partial charge in [-0.1, -0.05) is 23.7 Å². The van der Waals surface area contributed by atoms with Crippen LogP contribution in [-0.2, 0) is 19.3 Å². The molecule has 17 heavy (non-hydrogen) atoms. The SMILES string of the molecule is COCCOCCS(=O)(=O)c1ccccc1Cl. The van der Waals surface area contributed by atoms with Crippen LogP contribution in [0.5, 0.6) is 0 Å². The van der Waals surface area contributed by atoms with Crippen molar-refractivity contribution in [2.75, 3.05) is 32.7 Å². The molecule has 0 N–H and O–H groups in total. The second-order valence-corrected chi connectivity index (χ2v) is 5.84. The molecule has 0 aliphatic heterocycles. The molecule has 0 spiro atoms. The van der Waals surface area contributed by atoms with Crippen molar-refractivity contribution < 1.29 is 17.9 Å². The quantitative estimate of drug-likeness (QED) is 0.714. The first-order chi connectivity index (χ1) is 8.08. The summed E-state index contributed by atoms with van der Waals surface area (Å²) in [6.07, 6.45) is 0. The van der Waals surface area contributed by atoms with E-state index in [2.05, 4.69) is 0 Å². The number of hydrogen-bond donors (Lipinski definition) is 0. The maximum absolute atomic E-state index is 11.9. The van der Waals surface area contributed by atoms with Gasteiger partial charge in [0.05, 0.1) is 35.5 Å². The van der Waals surface area contributed by atoms with E-state index < -0.39 is 9.84 Å². The molecule has 0 aliphatic rings. The van der Waals surface area contributed by atoms with Gasteiger partial charge in [-0.3, -0.25) is 0 Å². The fourth-order valence-electron chi connectivity index (χ4n) is 1.22. The Hall–Kier alpha value is -0.620. The molecule has 0 fully saturated rings. The normalized spacial score (nSPS) is 11.6. The van der Waals surface area contributed by atoms with Gasteiger partial charge < -0.3 is 9.47 Å². The number of hydrogen-bond acceptors (Lipinski definition) is 4. The highest BCUT2D eigenvalue weighted by molar-refractivity contribution is 7.91. The molecule has 1 aromatic rings. The topological polar surface area (TPSA) is 52.6 Å². The third-order valence-electron chi connectivity index (χ3n) is 2.10. The largest absolute Gasteiger partial charge is 0.382 e. The predicted octanol–water partition coefficient (Wildman–Crippen LogP) is 1.78. The van der Waals surface area contributed by atoms with Crippen molar-refractivity contribution in [3.05, 3.63) is 29.3 Å². The molecule has 0 atom stereocenters. The average molecular weight is 279 g/mol.